The minimum absolute atomic E-state index is 0.0589. The lowest BCUT2D eigenvalue weighted by molar-refractivity contribution is -0.115. The second-order valence-corrected chi connectivity index (χ2v) is 6.10. The lowest BCUT2D eigenvalue weighted by atomic mass is 10.1. The van der Waals surface area contributed by atoms with Gasteiger partial charge in [-0.05, 0) is 35.9 Å². The van der Waals surface area contributed by atoms with Crippen LogP contribution in [0.2, 0.25) is 0 Å². The van der Waals surface area contributed by atoms with E-state index in [2.05, 4.69) is 5.32 Å². The van der Waals surface area contributed by atoms with Crippen molar-refractivity contribution in [3.05, 3.63) is 59.7 Å². The van der Waals surface area contributed by atoms with Gasteiger partial charge in [0.05, 0.1) is 5.88 Å². The molecule has 0 aromatic heterocycles. The Labute approximate surface area is 131 Å². The van der Waals surface area contributed by atoms with Gasteiger partial charge in [0.2, 0.25) is 5.91 Å². The maximum absolute atomic E-state index is 12.1. The highest BCUT2D eigenvalue weighted by molar-refractivity contribution is 8.00. The Morgan fingerprint density at radius 3 is 2.67 bits per heavy atom. The van der Waals surface area contributed by atoms with Gasteiger partial charge in [-0.2, -0.15) is 0 Å². The molecule has 0 saturated heterocycles. The molecule has 1 aliphatic heterocycles. The summed E-state index contributed by atoms with van der Waals surface area (Å²) >= 11 is 7.07. The number of Topliss-reactive ketones (excluding diaryl/α,β-unsaturated/α-hetero) is 1. The molecule has 2 aromatic rings. The Kier molecular flexibility index (Phi) is 3.99. The lowest BCUT2D eigenvalue weighted by Crippen LogP contribution is -2.09. The van der Waals surface area contributed by atoms with E-state index in [-0.39, 0.29) is 22.8 Å². The summed E-state index contributed by atoms with van der Waals surface area (Å²) in [5.41, 5.74) is 2.14. The van der Waals surface area contributed by atoms with Crippen molar-refractivity contribution in [3.8, 4) is 0 Å². The molecule has 0 radical (unpaired) electrons. The van der Waals surface area contributed by atoms with E-state index in [0.29, 0.717) is 5.56 Å². The number of carbonyl (C=O) groups excluding carboxylic acids is 2. The zero-order valence-electron chi connectivity index (χ0n) is 11.0. The number of ketones is 1. The van der Waals surface area contributed by atoms with Crippen molar-refractivity contribution >= 4 is 40.7 Å². The number of rotatable bonds is 4. The molecular weight excluding hydrogens is 306 g/mol. The van der Waals surface area contributed by atoms with Crippen LogP contribution in [0.4, 0.5) is 5.69 Å². The van der Waals surface area contributed by atoms with Crippen LogP contribution >= 0.6 is 23.4 Å². The predicted octanol–water partition coefficient (Wildman–Crippen LogP) is 3.89. The highest BCUT2D eigenvalue weighted by Crippen LogP contribution is 2.43. The number of anilines is 1. The molecule has 0 bridgehead atoms. The Balaban J connectivity index is 1.94. The van der Waals surface area contributed by atoms with Crippen LogP contribution in [-0.2, 0) is 4.79 Å². The fourth-order valence-electron chi connectivity index (χ4n) is 2.24. The van der Waals surface area contributed by atoms with Crippen LogP contribution in [0.3, 0.4) is 0 Å². The number of thioether (sulfide) groups is 1. The second kappa shape index (κ2) is 5.92. The number of fused-ring (bicyclic) bond motifs is 1. The van der Waals surface area contributed by atoms with E-state index in [4.69, 9.17) is 11.6 Å². The summed E-state index contributed by atoms with van der Waals surface area (Å²) in [5, 5.41) is 2.51. The average molecular weight is 318 g/mol. The summed E-state index contributed by atoms with van der Waals surface area (Å²) in [4.78, 5) is 24.9. The van der Waals surface area contributed by atoms with Gasteiger partial charge < -0.3 is 5.32 Å². The number of benzene rings is 2. The van der Waals surface area contributed by atoms with Crippen molar-refractivity contribution in [3.63, 3.8) is 0 Å². The summed E-state index contributed by atoms with van der Waals surface area (Å²) in [6.07, 6.45) is 0. The summed E-state index contributed by atoms with van der Waals surface area (Å²) < 4.78 is 0. The molecule has 1 heterocycles. The molecule has 2 aromatic carbocycles. The minimum atomic E-state index is -0.342. The quantitative estimate of drug-likeness (QED) is 0.687. The molecule has 5 heteroatoms. The van der Waals surface area contributed by atoms with Crippen LogP contribution in [0.15, 0.2) is 53.4 Å². The zero-order chi connectivity index (χ0) is 14.8. The van der Waals surface area contributed by atoms with Crippen LogP contribution in [0.5, 0.6) is 0 Å². The number of halogens is 1. The maximum Gasteiger partial charge on any atom is 0.242 e. The molecule has 1 amide bonds. The standard InChI is InChI=1S/C16H12ClNO2S/c17-9-14(19)10-6-7-13-12(8-10)15(16(20)18-13)21-11-4-2-1-3-5-11/h1-8,15H,9H2,(H,18,20). The first-order chi connectivity index (χ1) is 10.2. The monoisotopic (exact) mass is 317 g/mol. The fraction of sp³-hybridized carbons (Fsp3) is 0.125. The Hall–Kier alpha value is -1.78. The van der Waals surface area contributed by atoms with Gasteiger partial charge in [0.15, 0.2) is 5.78 Å². The molecule has 1 N–H and O–H groups in total. The van der Waals surface area contributed by atoms with Crippen molar-refractivity contribution in [2.45, 2.75) is 10.1 Å². The van der Waals surface area contributed by atoms with Crippen molar-refractivity contribution in [2.24, 2.45) is 0 Å². The molecule has 106 valence electrons. The van der Waals surface area contributed by atoms with E-state index >= 15 is 0 Å². The average Bonchev–Trinajstić information content (AvgIpc) is 2.83. The van der Waals surface area contributed by atoms with Gasteiger partial charge in [-0.1, -0.05) is 18.2 Å². The van der Waals surface area contributed by atoms with Gasteiger partial charge in [0, 0.05) is 16.1 Å². The van der Waals surface area contributed by atoms with Gasteiger partial charge in [-0.3, -0.25) is 9.59 Å². The number of amides is 1. The van der Waals surface area contributed by atoms with Gasteiger partial charge in [-0.15, -0.1) is 23.4 Å². The molecule has 0 spiro atoms. The smallest absolute Gasteiger partial charge is 0.242 e. The largest absolute Gasteiger partial charge is 0.325 e. The van der Waals surface area contributed by atoms with E-state index in [1.54, 1.807) is 18.2 Å². The van der Waals surface area contributed by atoms with E-state index in [1.165, 1.54) is 11.8 Å². The first-order valence-electron chi connectivity index (χ1n) is 6.44. The van der Waals surface area contributed by atoms with Gasteiger partial charge in [-0.25, -0.2) is 0 Å². The van der Waals surface area contributed by atoms with Crippen molar-refractivity contribution < 1.29 is 9.59 Å². The van der Waals surface area contributed by atoms with E-state index in [1.807, 2.05) is 30.3 Å². The zero-order valence-corrected chi connectivity index (χ0v) is 12.6. The van der Waals surface area contributed by atoms with Crippen LogP contribution in [0.25, 0.3) is 0 Å². The van der Waals surface area contributed by atoms with Crippen LogP contribution in [0, 0.1) is 0 Å². The summed E-state index contributed by atoms with van der Waals surface area (Å²) in [6, 6.07) is 14.9. The normalized spacial score (nSPS) is 16.4. The second-order valence-electron chi connectivity index (χ2n) is 4.66. The third kappa shape index (κ3) is 2.82. The third-order valence-corrected chi connectivity index (χ3v) is 4.76. The summed E-state index contributed by atoms with van der Waals surface area (Å²) in [5.74, 6) is -0.256. The molecule has 0 saturated carbocycles. The minimum Gasteiger partial charge on any atom is -0.325 e. The van der Waals surface area contributed by atoms with Gasteiger partial charge in [0.25, 0.3) is 0 Å². The molecule has 3 nitrogen and oxygen atoms in total. The van der Waals surface area contributed by atoms with Crippen LogP contribution in [0.1, 0.15) is 21.2 Å². The summed E-state index contributed by atoms with van der Waals surface area (Å²) in [7, 11) is 0. The van der Waals surface area contributed by atoms with Crippen molar-refractivity contribution in [1.82, 2.24) is 0 Å². The molecule has 21 heavy (non-hydrogen) atoms. The topological polar surface area (TPSA) is 46.2 Å². The highest BCUT2D eigenvalue weighted by atomic mass is 35.5. The van der Waals surface area contributed by atoms with Crippen LogP contribution < -0.4 is 5.32 Å². The number of carbonyl (C=O) groups is 2. The Morgan fingerprint density at radius 2 is 1.95 bits per heavy atom. The molecule has 0 fully saturated rings. The van der Waals surface area contributed by atoms with E-state index < -0.39 is 0 Å². The molecule has 3 rings (SSSR count). The van der Waals surface area contributed by atoms with E-state index in [9.17, 15) is 9.59 Å². The molecule has 1 aliphatic rings. The SMILES string of the molecule is O=C(CCl)c1ccc2c(c1)C(Sc1ccccc1)C(=O)N2. The van der Waals surface area contributed by atoms with E-state index in [0.717, 1.165) is 16.1 Å². The van der Waals surface area contributed by atoms with Gasteiger partial charge >= 0.3 is 0 Å². The number of nitrogens with one attached hydrogen (secondary N) is 1. The Bertz CT molecular complexity index is 703. The predicted molar refractivity (Wildman–Crippen MR) is 85.2 cm³/mol. The van der Waals surface area contributed by atoms with Crippen molar-refractivity contribution in [1.29, 1.82) is 0 Å². The lowest BCUT2D eigenvalue weighted by Gasteiger charge is -2.09. The molecule has 1 atom stereocenters. The first kappa shape index (κ1) is 14.2. The molecule has 0 aliphatic carbocycles. The first-order valence-corrected chi connectivity index (χ1v) is 7.86. The summed E-state index contributed by atoms with van der Waals surface area (Å²) in [6.45, 7) is 0. The number of hydrogen-bond acceptors (Lipinski definition) is 3. The fourth-order valence-corrected chi connectivity index (χ4v) is 3.46. The van der Waals surface area contributed by atoms with Crippen LogP contribution in [-0.4, -0.2) is 17.6 Å². The van der Waals surface area contributed by atoms with Gasteiger partial charge in [0.1, 0.15) is 5.25 Å². The molecular formula is C16H12ClNO2S. The molecule has 1 unspecified atom stereocenters. The maximum atomic E-state index is 12.1. The Morgan fingerprint density at radius 1 is 1.19 bits per heavy atom. The van der Waals surface area contributed by atoms with Crippen molar-refractivity contribution in [2.75, 3.05) is 11.2 Å². The highest BCUT2D eigenvalue weighted by Gasteiger charge is 2.32. The number of hydrogen-bond donors (Lipinski definition) is 1. The number of alkyl halides is 1. The third-order valence-electron chi connectivity index (χ3n) is 3.27.